The normalized spacial score (nSPS) is 57.8. The van der Waals surface area contributed by atoms with Crippen molar-refractivity contribution in [2.45, 2.75) is 89.8 Å². The first-order chi connectivity index (χ1) is 10.5. The van der Waals surface area contributed by atoms with Gasteiger partial charge in [0.15, 0.2) is 0 Å². The third kappa shape index (κ3) is 1.99. The van der Waals surface area contributed by atoms with Gasteiger partial charge in [-0.15, -0.1) is 0 Å². The molecule has 4 aliphatic rings. The van der Waals surface area contributed by atoms with E-state index in [0.717, 1.165) is 55.3 Å². The van der Waals surface area contributed by atoms with Crippen molar-refractivity contribution in [3.63, 3.8) is 0 Å². The number of rotatable bonds is 1. The smallest absolute Gasteiger partial charge is 0.0701 e. The van der Waals surface area contributed by atoms with Crippen LogP contribution in [0.4, 0.5) is 0 Å². The Bertz CT molecular complexity index is 435. The lowest BCUT2D eigenvalue weighted by atomic mass is 9.49. The maximum atomic E-state index is 11.2. The van der Waals surface area contributed by atoms with Crippen LogP contribution in [0.3, 0.4) is 0 Å². The first-order valence-electron chi connectivity index (χ1n) is 9.89. The molecule has 0 aliphatic heterocycles. The van der Waals surface area contributed by atoms with E-state index < -0.39 is 5.60 Å². The van der Waals surface area contributed by atoms with Gasteiger partial charge >= 0.3 is 0 Å². The van der Waals surface area contributed by atoms with Gasteiger partial charge in [0.2, 0.25) is 0 Å². The van der Waals surface area contributed by atoms with Crippen molar-refractivity contribution >= 4 is 0 Å². The quantitative estimate of drug-likeness (QED) is 0.764. The Morgan fingerprint density at radius 1 is 0.909 bits per heavy atom. The Balaban J connectivity index is 1.58. The maximum absolute atomic E-state index is 11.2. The van der Waals surface area contributed by atoms with E-state index in [4.69, 9.17) is 0 Å². The van der Waals surface area contributed by atoms with Crippen molar-refractivity contribution in [1.82, 2.24) is 0 Å². The summed E-state index contributed by atoms with van der Waals surface area (Å²) in [6.45, 7) is 4.58. The third-order valence-corrected chi connectivity index (χ3v) is 8.83. The summed E-state index contributed by atoms with van der Waals surface area (Å²) in [5, 5.41) is 21.2. The molecule has 0 saturated heterocycles. The molecular formula is C20H34O2. The van der Waals surface area contributed by atoms with Crippen LogP contribution in [-0.4, -0.2) is 21.9 Å². The summed E-state index contributed by atoms with van der Waals surface area (Å²) in [5.74, 6) is 4.17. The molecule has 2 N–H and O–H groups in total. The van der Waals surface area contributed by atoms with Gasteiger partial charge in [-0.3, -0.25) is 0 Å². The van der Waals surface area contributed by atoms with Crippen LogP contribution in [0.25, 0.3) is 0 Å². The van der Waals surface area contributed by atoms with E-state index >= 15 is 0 Å². The van der Waals surface area contributed by atoms with Crippen LogP contribution in [0.5, 0.6) is 0 Å². The van der Waals surface area contributed by atoms with Crippen molar-refractivity contribution in [1.29, 1.82) is 0 Å². The number of fused-ring (bicyclic) bond motifs is 5. The summed E-state index contributed by atoms with van der Waals surface area (Å²) in [4.78, 5) is 0. The van der Waals surface area contributed by atoms with Gasteiger partial charge in [-0.1, -0.05) is 13.8 Å². The second-order valence-electron chi connectivity index (χ2n) is 9.28. The zero-order valence-electron chi connectivity index (χ0n) is 14.4. The number of hydrogen-bond acceptors (Lipinski definition) is 2. The summed E-state index contributed by atoms with van der Waals surface area (Å²) < 4.78 is 0. The first-order valence-corrected chi connectivity index (χ1v) is 9.89. The minimum absolute atomic E-state index is 0.0247. The average Bonchev–Trinajstić information content (AvgIpc) is 2.79. The summed E-state index contributed by atoms with van der Waals surface area (Å²) in [7, 11) is 0. The van der Waals surface area contributed by atoms with E-state index in [1.807, 2.05) is 0 Å². The van der Waals surface area contributed by atoms with E-state index in [1.54, 1.807) is 0 Å². The molecule has 4 rings (SSSR count). The lowest BCUT2D eigenvalue weighted by molar-refractivity contribution is -0.134. The van der Waals surface area contributed by atoms with Crippen LogP contribution in [0.15, 0.2) is 0 Å². The fraction of sp³-hybridized carbons (Fsp3) is 1.00. The Hall–Kier alpha value is -0.0800. The molecule has 0 spiro atoms. The zero-order valence-corrected chi connectivity index (χ0v) is 14.4. The van der Waals surface area contributed by atoms with Crippen molar-refractivity contribution in [3.05, 3.63) is 0 Å². The number of aliphatic hydroxyl groups is 2. The minimum atomic E-state index is -0.401. The topological polar surface area (TPSA) is 40.5 Å². The molecular weight excluding hydrogens is 272 g/mol. The molecule has 2 heteroatoms. The molecule has 0 bridgehead atoms. The average molecular weight is 306 g/mol. The Labute approximate surface area is 135 Å². The van der Waals surface area contributed by atoms with Gasteiger partial charge in [0.1, 0.15) is 0 Å². The van der Waals surface area contributed by atoms with Crippen LogP contribution < -0.4 is 0 Å². The maximum Gasteiger partial charge on any atom is 0.0701 e. The molecule has 0 heterocycles. The molecule has 126 valence electrons. The van der Waals surface area contributed by atoms with E-state index in [1.165, 1.54) is 38.5 Å². The second-order valence-corrected chi connectivity index (χ2v) is 9.28. The summed E-state index contributed by atoms with van der Waals surface area (Å²) >= 11 is 0. The van der Waals surface area contributed by atoms with Gasteiger partial charge in [0.25, 0.3) is 0 Å². The molecule has 0 unspecified atom stereocenters. The van der Waals surface area contributed by atoms with Crippen LogP contribution in [0.2, 0.25) is 0 Å². The van der Waals surface area contributed by atoms with Crippen LogP contribution in [0.1, 0.15) is 78.1 Å². The SMILES string of the molecule is CC[C@]1(O)CC[C@H]2[C@@H]3CC[C@H]4C[C@@H](O)CC[C@@H]4[C@H]3CC[C@@]21C. The Morgan fingerprint density at radius 3 is 2.45 bits per heavy atom. The fourth-order valence-electron chi connectivity index (χ4n) is 7.52. The number of aliphatic hydroxyl groups excluding tert-OH is 1. The molecule has 4 aliphatic carbocycles. The Morgan fingerprint density at radius 2 is 1.68 bits per heavy atom. The molecule has 8 atom stereocenters. The van der Waals surface area contributed by atoms with Crippen LogP contribution >= 0.6 is 0 Å². The van der Waals surface area contributed by atoms with Crippen molar-refractivity contribution < 1.29 is 10.2 Å². The van der Waals surface area contributed by atoms with Crippen molar-refractivity contribution in [2.75, 3.05) is 0 Å². The highest BCUT2D eigenvalue weighted by Crippen LogP contribution is 2.65. The summed E-state index contributed by atoms with van der Waals surface area (Å²) in [6, 6.07) is 0. The molecule has 22 heavy (non-hydrogen) atoms. The van der Waals surface area contributed by atoms with E-state index in [9.17, 15) is 10.2 Å². The van der Waals surface area contributed by atoms with E-state index in [-0.39, 0.29) is 11.5 Å². The molecule has 0 radical (unpaired) electrons. The van der Waals surface area contributed by atoms with E-state index in [2.05, 4.69) is 13.8 Å². The van der Waals surface area contributed by atoms with Crippen molar-refractivity contribution in [3.8, 4) is 0 Å². The standard InChI is InChI=1S/C20H34O2/c1-3-20(22)11-9-18-17-6-4-13-12-14(21)5-7-15(13)16(17)8-10-19(18,20)2/h13-18,21-22H,3-12H2,1-2H3/t13-,14-,15-,16+,17+,18-,19-,20-/m0/s1. The second kappa shape index (κ2) is 5.21. The molecule has 0 aromatic carbocycles. The molecule has 0 amide bonds. The van der Waals surface area contributed by atoms with Gasteiger partial charge < -0.3 is 10.2 Å². The van der Waals surface area contributed by atoms with E-state index in [0.29, 0.717) is 0 Å². The highest BCUT2D eigenvalue weighted by Gasteiger charge is 2.61. The summed E-state index contributed by atoms with van der Waals surface area (Å²) in [6.07, 6.45) is 11.8. The van der Waals surface area contributed by atoms with Crippen LogP contribution in [0, 0.1) is 35.0 Å². The van der Waals surface area contributed by atoms with Gasteiger partial charge in [-0.05, 0) is 99.2 Å². The largest absolute Gasteiger partial charge is 0.393 e. The highest BCUT2D eigenvalue weighted by atomic mass is 16.3. The monoisotopic (exact) mass is 306 g/mol. The fourth-order valence-corrected chi connectivity index (χ4v) is 7.52. The lowest BCUT2D eigenvalue weighted by Crippen LogP contribution is -2.53. The van der Waals surface area contributed by atoms with Gasteiger partial charge in [-0.2, -0.15) is 0 Å². The molecule has 4 saturated carbocycles. The molecule has 0 aromatic rings. The first kappa shape index (κ1) is 15.4. The predicted octanol–water partition coefficient (Wildman–Crippen LogP) is 4.14. The molecule has 4 fully saturated rings. The van der Waals surface area contributed by atoms with Crippen molar-refractivity contribution in [2.24, 2.45) is 35.0 Å². The number of hydrogen-bond donors (Lipinski definition) is 2. The van der Waals surface area contributed by atoms with Gasteiger partial charge in [-0.25, -0.2) is 0 Å². The zero-order chi connectivity index (χ0) is 15.5. The third-order valence-electron chi connectivity index (χ3n) is 8.83. The lowest BCUT2D eigenvalue weighted by Gasteiger charge is -2.57. The molecule has 2 nitrogen and oxygen atoms in total. The predicted molar refractivity (Wildman–Crippen MR) is 88.4 cm³/mol. The van der Waals surface area contributed by atoms with Crippen LogP contribution in [-0.2, 0) is 0 Å². The summed E-state index contributed by atoms with van der Waals surface area (Å²) in [5.41, 5.74) is -0.230. The Kier molecular flexibility index (Phi) is 3.66. The highest BCUT2D eigenvalue weighted by molar-refractivity contribution is 5.11. The van der Waals surface area contributed by atoms with Gasteiger partial charge in [0.05, 0.1) is 11.7 Å². The van der Waals surface area contributed by atoms with Gasteiger partial charge in [0, 0.05) is 0 Å². The minimum Gasteiger partial charge on any atom is -0.393 e. The molecule has 0 aromatic heterocycles.